The van der Waals surface area contributed by atoms with Crippen LogP contribution in [0.4, 0.5) is 0 Å². The maximum absolute atomic E-state index is 2.39. The summed E-state index contributed by atoms with van der Waals surface area (Å²) in [4.78, 5) is 2.38. The SMILES string of the molecule is CN(C)C1CCCC(C)(C)C1.[CH3][12Ti][CH3]. The minimum absolute atomic E-state index is 0.500. The molecule has 0 spiro atoms. The van der Waals surface area contributed by atoms with Crippen LogP contribution in [0, 0.1) is 5.41 Å². The fraction of sp³-hybridized carbons (Fsp3) is 1.00. The van der Waals surface area contributed by atoms with Crippen molar-refractivity contribution in [1.29, 1.82) is 0 Å². The van der Waals surface area contributed by atoms with Gasteiger partial charge in [-0.2, -0.15) is 0 Å². The predicted molar refractivity (Wildman–Crippen MR) is 61.5 cm³/mol. The van der Waals surface area contributed by atoms with Crippen molar-refractivity contribution in [3.8, 4) is 0 Å². The third kappa shape index (κ3) is 6.21. The minimum atomic E-state index is 0.500. The molecule has 0 aromatic carbocycles. The van der Waals surface area contributed by atoms with E-state index in [0.29, 0.717) is 24.6 Å². The first-order valence-electron chi connectivity index (χ1n) is 5.68. The van der Waals surface area contributed by atoms with Crippen LogP contribution < -0.4 is 0 Å². The summed E-state index contributed by atoms with van der Waals surface area (Å²) in [6.07, 6.45) is 5.60. The molecular formula is C12H27NTi. The van der Waals surface area contributed by atoms with Crippen LogP contribution in [-0.4, -0.2) is 25.0 Å². The molecule has 0 saturated heterocycles. The third-order valence-electron chi connectivity index (χ3n) is 2.91. The monoisotopic (exact) mass is 197 g/mol. The first-order valence-corrected chi connectivity index (χ1v) is 8.80. The van der Waals surface area contributed by atoms with Crippen LogP contribution in [0.25, 0.3) is 0 Å². The Balaban J connectivity index is 0.000000500. The van der Waals surface area contributed by atoms with Gasteiger partial charge in [0.15, 0.2) is 0 Å². The molecule has 1 unspecified atom stereocenters. The Hall–Kier alpha value is 0.674. The van der Waals surface area contributed by atoms with Crippen molar-refractivity contribution in [3.05, 3.63) is 0 Å². The molecule has 1 rings (SSSR count). The molecule has 0 aromatic rings. The van der Waals surface area contributed by atoms with E-state index in [2.05, 4.69) is 43.3 Å². The van der Waals surface area contributed by atoms with Crippen LogP contribution in [0.15, 0.2) is 0 Å². The zero-order valence-corrected chi connectivity index (χ0v) is 12.4. The molecule has 0 aromatic heterocycles. The Bertz CT molecular complexity index is 143. The predicted octanol–water partition coefficient (Wildman–Crippen LogP) is 3.68. The maximum atomic E-state index is 2.39. The molecule has 84 valence electrons. The van der Waals surface area contributed by atoms with Crippen molar-refractivity contribution in [2.45, 2.75) is 56.0 Å². The summed E-state index contributed by atoms with van der Waals surface area (Å²) in [5.41, 5.74) is 0.590. The van der Waals surface area contributed by atoms with Gasteiger partial charge in [0.2, 0.25) is 0 Å². The summed E-state index contributed by atoms with van der Waals surface area (Å²) >= 11 is 0.500. The van der Waals surface area contributed by atoms with Crippen molar-refractivity contribution in [2.75, 3.05) is 14.1 Å². The fourth-order valence-corrected chi connectivity index (χ4v) is 2.10. The Labute approximate surface area is 99.6 Å². The van der Waals surface area contributed by atoms with Gasteiger partial charge in [-0.25, -0.2) is 0 Å². The van der Waals surface area contributed by atoms with Crippen molar-refractivity contribution in [2.24, 2.45) is 5.41 Å². The van der Waals surface area contributed by atoms with E-state index in [-0.39, 0.29) is 0 Å². The van der Waals surface area contributed by atoms with Crippen LogP contribution >= 0.6 is 0 Å². The van der Waals surface area contributed by atoms with Gasteiger partial charge in [0.25, 0.3) is 0 Å². The van der Waals surface area contributed by atoms with E-state index >= 15 is 0 Å². The number of rotatable bonds is 1. The van der Waals surface area contributed by atoms with Crippen molar-refractivity contribution >= 4 is 0 Å². The van der Waals surface area contributed by atoms with Crippen molar-refractivity contribution < 1.29 is 19.2 Å². The Morgan fingerprint density at radius 3 is 2.00 bits per heavy atom. The van der Waals surface area contributed by atoms with Gasteiger partial charge in [-0.15, -0.1) is 0 Å². The first-order chi connectivity index (χ1) is 6.43. The van der Waals surface area contributed by atoms with Crippen LogP contribution in [0.2, 0.25) is 10.5 Å². The molecule has 1 atom stereocenters. The van der Waals surface area contributed by atoms with E-state index in [0.717, 1.165) is 6.04 Å². The number of hydrogen-bond donors (Lipinski definition) is 0. The summed E-state index contributed by atoms with van der Waals surface area (Å²) in [7, 11) is 4.40. The van der Waals surface area contributed by atoms with Gasteiger partial charge in [-0.05, 0) is 38.8 Å². The summed E-state index contributed by atoms with van der Waals surface area (Å²) in [5.74, 6) is 0. The summed E-state index contributed by atoms with van der Waals surface area (Å²) in [5, 5.41) is 4.50. The third-order valence-corrected chi connectivity index (χ3v) is 2.91. The zero-order chi connectivity index (χ0) is 11.2. The van der Waals surface area contributed by atoms with Gasteiger partial charge in [0.05, 0.1) is 0 Å². The van der Waals surface area contributed by atoms with E-state index in [9.17, 15) is 0 Å². The molecule has 14 heavy (non-hydrogen) atoms. The molecule has 0 amide bonds. The molecule has 1 nitrogen and oxygen atoms in total. The standard InChI is InChI=1S/C10H21N.2CH3.Ti/c1-10(2)7-5-6-9(8-10)11(3)4;;;/h9H,5-8H2,1-4H3;2*1H3;/i;;;1-36. The number of nitrogens with zero attached hydrogens (tertiary/aromatic N) is 1. The molecule has 1 aliphatic rings. The summed E-state index contributed by atoms with van der Waals surface area (Å²) < 4.78 is 0. The van der Waals surface area contributed by atoms with Crippen LogP contribution in [0.3, 0.4) is 0 Å². The van der Waals surface area contributed by atoms with Gasteiger partial charge in [-0.3, -0.25) is 0 Å². The summed E-state index contributed by atoms with van der Waals surface area (Å²) in [6, 6.07) is 0.832. The Morgan fingerprint density at radius 1 is 1.21 bits per heavy atom. The second-order valence-electron chi connectivity index (χ2n) is 5.38. The summed E-state index contributed by atoms with van der Waals surface area (Å²) in [6.45, 7) is 4.78. The first kappa shape index (κ1) is 14.7. The van der Waals surface area contributed by atoms with Gasteiger partial charge >= 0.3 is 29.6 Å². The average Bonchev–Trinajstić information content (AvgIpc) is 2.03. The van der Waals surface area contributed by atoms with Crippen molar-refractivity contribution in [3.63, 3.8) is 0 Å². The Kier molecular flexibility index (Phi) is 7.37. The molecule has 0 heterocycles. The normalized spacial score (nSPS) is 25.2. The van der Waals surface area contributed by atoms with E-state index < -0.39 is 0 Å². The zero-order valence-electron chi connectivity index (χ0n) is 10.9. The second kappa shape index (κ2) is 7.03. The molecule has 1 aliphatic carbocycles. The van der Waals surface area contributed by atoms with E-state index in [4.69, 9.17) is 0 Å². The van der Waals surface area contributed by atoms with E-state index in [1.54, 1.807) is 0 Å². The van der Waals surface area contributed by atoms with Crippen LogP contribution in [-0.2, 0) is 19.2 Å². The average molecular weight is 197 g/mol. The fourth-order valence-electron chi connectivity index (χ4n) is 2.10. The molecule has 0 N–H and O–H groups in total. The van der Waals surface area contributed by atoms with E-state index in [1.807, 2.05) is 0 Å². The quantitative estimate of drug-likeness (QED) is 0.580. The molecule has 0 bridgehead atoms. The molecule has 1 fully saturated rings. The Morgan fingerprint density at radius 2 is 1.71 bits per heavy atom. The molecular weight excluding hydrogens is 170 g/mol. The molecule has 0 aliphatic heterocycles. The van der Waals surface area contributed by atoms with E-state index in [1.165, 1.54) is 25.7 Å². The molecule has 2 heteroatoms. The van der Waals surface area contributed by atoms with Gasteiger partial charge < -0.3 is 4.90 Å². The van der Waals surface area contributed by atoms with Crippen molar-refractivity contribution in [1.82, 2.24) is 4.90 Å². The second-order valence-corrected chi connectivity index (χ2v) is 6.94. The molecule has 0 radical (unpaired) electrons. The van der Waals surface area contributed by atoms with Gasteiger partial charge in [-0.1, -0.05) is 20.3 Å². The van der Waals surface area contributed by atoms with Gasteiger partial charge in [0.1, 0.15) is 0 Å². The van der Waals surface area contributed by atoms with Gasteiger partial charge in [0, 0.05) is 6.04 Å². The number of hydrogen-bond acceptors (Lipinski definition) is 1. The van der Waals surface area contributed by atoms with Crippen LogP contribution in [0.1, 0.15) is 39.5 Å². The molecule has 1 saturated carbocycles. The topological polar surface area (TPSA) is 3.24 Å². The van der Waals surface area contributed by atoms with Crippen LogP contribution in [0.5, 0.6) is 0 Å².